The largest absolute Gasteiger partial charge is 0.573 e. The van der Waals surface area contributed by atoms with Crippen molar-refractivity contribution in [2.45, 2.75) is 32.2 Å². The van der Waals surface area contributed by atoms with Gasteiger partial charge in [0.05, 0.1) is 0 Å². The molecule has 1 aliphatic rings. The number of hydrogen-bond acceptors (Lipinski definition) is 3. The van der Waals surface area contributed by atoms with Crippen LogP contribution in [0, 0.1) is 0 Å². The average molecular weight is 361 g/mol. The number of allylic oxidation sites excluding steroid dienone is 1. The van der Waals surface area contributed by atoms with Crippen LogP contribution in [0.2, 0.25) is 0 Å². The van der Waals surface area contributed by atoms with Gasteiger partial charge in [0.15, 0.2) is 5.78 Å². The van der Waals surface area contributed by atoms with Crippen molar-refractivity contribution in [2.24, 2.45) is 0 Å². The van der Waals surface area contributed by atoms with Gasteiger partial charge in [0.1, 0.15) is 5.75 Å². The highest BCUT2D eigenvalue weighted by molar-refractivity contribution is 6.08. The van der Waals surface area contributed by atoms with E-state index in [-0.39, 0.29) is 11.1 Å². The number of carbonyl (C=O) groups excluding carboxylic acids is 1. The van der Waals surface area contributed by atoms with Gasteiger partial charge in [-0.1, -0.05) is 36.4 Å². The van der Waals surface area contributed by atoms with Crippen molar-refractivity contribution in [1.29, 1.82) is 0 Å². The molecule has 0 bridgehead atoms. The van der Waals surface area contributed by atoms with E-state index in [0.29, 0.717) is 5.70 Å². The molecule has 0 spiro atoms. The van der Waals surface area contributed by atoms with Gasteiger partial charge >= 0.3 is 6.36 Å². The summed E-state index contributed by atoms with van der Waals surface area (Å²) >= 11 is 0. The van der Waals surface area contributed by atoms with Gasteiger partial charge < -0.3 is 10.1 Å². The second-order valence-corrected chi connectivity index (χ2v) is 6.84. The Balaban J connectivity index is 1.93. The second-order valence-electron chi connectivity index (χ2n) is 6.84. The molecule has 1 aliphatic heterocycles. The van der Waals surface area contributed by atoms with E-state index in [4.69, 9.17) is 0 Å². The monoisotopic (exact) mass is 361 g/mol. The molecule has 3 nitrogen and oxygen atoms in total. The summed E-state index contributed by atoms with van der Waals surface area (Å²) in [5, 5.41) is 3.33. The summed E-state index contributed by atoms with van der Waals surface area (Å²) in [6.07, 6.45) is -2.57. The molecule has 1 heterocycles. The summed E-state index contributed by atoms with van der Waals surface area (Å²) in [7, 11) is 0. The number of halogens is 3. The van der Waals surface area contributed by atoms with E-state index in [0.717, 1.165) is 29.7 Å². The standard InChI is InChI=1S/C20H18F3NO2/c1-19(2)12-14-6-3-4-9-16(14)17(24-19)11-18(25)13-7-5-8-15(10-13)26-20(21,22)23/h3-11,24H,12H2,1-2H3. The summed E-state index contributed by atoms with van der Waals surface area (Å²) in [5.74, 6) is -0.813. The summed E-state index contributed by atoms with van der Waals surface area (Å²) in [6, 6.07) is 12.8. The lowest BCUT2D eigenvalue weighted by Crippen LogP contribution is -2.43. The van der Waals surface area contributed by atoms with Crippen molar-refractivity contribution in [2.75, 3.05) is 0 Å². The first-order valence-corrected chi connectivity index (χ1v) is 8.11. The van der Waals surface area contributed by atoms with E-state index >= 15 is 0 Å². The van der Waals surface area contributed by atoms with E-state index in [1.807, 2.05) is 38.1 Å². The zero-order valence-electron chi connectivity index (χ0n) is 14.4. The van der Waals surface area contributed by atoms with Crippen molar-refractivity contribution in [1.82, 2.24) is 5.32 Å². The highest BCUT2D eigenvalue weighted by atomic mass is 19.4. The third-order valence-electron chi connectivity index (χ3n) is 4.04. The lowest BCUT2D eigenvalue weighted by molar-refractivity contribution is -0.274. The van der Waals surface area contributed by atoms with Crippen LogP contribution in [0.1, 0.15) is 35.3 Å². The maximum absolute atomic E-state index is 12.6. The molecule has 0 atom stereocenters. The van der Waals surface area contributed by atoms with Crippen LogP contribution in [-0.4, -0.2) is 17.7 Å². The number of ether oxygens (including phenoxy) is 1. The van der Waals surface area contributed by atoms with Gasteiger partial charge in [0.2, 0.25) is 0 Å². The molecule has 1 N–H and O–H groups in total. The molecule has 3 rings (SSSR count). The van der Waals surface area contributed by atoms with Crippen molar-refractivity contribution >= 4 is 11.5 Å². The predicted molar refractivity (Wildman–Crippen MR) is 92.8 cm³/mol. The Morgan fingerprint density at radius 3 is 2.62 bits per heavy atom. The quantitative estimate of drug-likeness (QED) is 0.634. The first-order chi connectivity index (χ1) is 12.1. The van der Waals surface area contributed by atoms with E-state index in [9.17, 15) is 18.0 Å². The Bertz CT molecular complexity index is 869. The Labute approximate surface area is 149 Å². The first-order valence-electron chi connectivity index (χ1n) is 8.11. The first kappa shape index (κ1) is 18.0. The molecular formula is C20H18F3NO2. The van der Waals surface area contributed by atoms with Crippen LogP contribution in [0.4, 0.5) is 13.2 Å². The van der Waals surface area contributed by atoms with Crippen LogP contribution < -0.4 is 10.1 Å². The molecule has 0 radical (unpaired) electrons. The van der Waals surface area contributed by atoms with Crippen molar-refractivity contribution in [3.05, 3.63) is 71.3 Å². The Morgan fingerprint density at radius 2 is 1.88 bits per heavy atom. The van der Waals surface area contributed by atoms with Gasteiger partial charge in [-0.3, -0.25) is 4.79 Å². The predicted octanol–water partition coefficient (Wildman–Crippen LogP) is 4.73. The van der Waals surface area contributed by atoms with Crippen molar-refractivity contribution in [3.63, 3.8) is 0 Å². The van der Waals surface area contributed by atoms with Crippen molar-refractivity contribution in [3.8, 4) is 5.75 Å². The maximum Gasteiger partial charge on any atom is 0.573 e. The van der Waals surface area contributed by atoms with Crippen LogP contribution in [0.15, 0.2) is 54.6 Å². The minimum atomic E-state index is -4.80. The van der Waals surface area contributed by atoms with Crippen LogP contribution >= 0.6 is 0 Å². The molecule has 0 fully saturated rings. The van der Waals surface area contributed by atoms with Crippen molar-refractivity contribution < 1.29 is 22.7 Å². The van der Waals surface area contributed by atoms with E-state index in [1.54, 1.807) is 0 Å². The van der Waals surface area contributed by atoms with E-state index in [1.165, 1.54) is 18.2 Å². The molecule has 6 heteroatoms. The minimum Gasteiger partial charge on any atom is -0.406 e. The number of fused-ring (bicyclic) bond motifs is 1. The third-order valence-corrected chi connectivity index (χ3v) is 4.04. The van der Waals surface area contributed by atoms with E-state index < -0.39 is 17.9 Å². The third kappa shape index (κ3) is 4.25. The highest BCUT2D eigenvalue weighted by Crippen LogP contribution is 2.30. The molecule has 2 aromatic carbocycles. The Morgan fingerprint density at radius 1 is 1.15 bits per heavy atom. The molecule has 0 aliphatic carbocycles. The van der Waals surface area contributed by atoms with Gasteiger partial charge in [0, 0.05) is 28.4 Å². The minimum absolute atomic E-state index is 0.127. The van der Waals surface area contributed by atoms with Gasteiger partial charge in [-0.15, -0.1) is 13.2 Å². The Hall–Kier alpha value is -2.76. The molecule has 0 aromatic heterocycles. The molecular weight excluding hydrogens is 343 g/mol. The molecule has 26 heavy (non-hydrogen) atoms. The fraction of sp³-hybridized carbons (Fsp3) is 0.250. The topological polar surface area (TPSA) is 38.3 Å². The van der Waals surface area contributed by atoms with Crippen LogP contribution in [-0.2, 0) is 6.42 Å². The summed E-state index contributed by atoms with van der Waals surface area (Å²) in [4.78, 5) is 12.6. The van der Waals surface area contributed by atoms with Crippen LogP contribution in [0.5, 0.6) is 5.75 Å². The number of alkyl halides is 3. The lowest BCUT2D eigenvalue weighted by Gasteiger charge is -2.35. The number of ketones is 1. The number of benzene rings is 2. The summed E-state index contributed by atoms with van der Waals surface area (Å²) in [5.41, 5.74) is 2.58. The van der Waals surface area contributed by atoms with Crippen LogP contribution in [0.25, 0.3) is 5.70 Å². The average Bonchev–Trinajstić information content (AvgIpc) is 2.52. The summed E-state index contributed by atoms with van der Waals surface area (Å²) < 4.78 is 41.0. The zero-order chi connectivity index (χ0) is 18.9. The molecule has 0 amide bonds. The second kappa shape index (κ2) is 6.52. The molecule has 136 valence electrons. The fourth-order valence-corrected chi connectivity index (χ4v) is 3.06. The Kier molecular flexibility index (Phi) is 4.52. The number of hydrogen-bond donors (Lipinski definition) is 1. The summed E-state index contributed by atoms with van der Waals surface area (Å²) in [6.45, 7) is 4.05. The lowest BCUT2D eigenvalue weighted by atomic mass is 9.85. The van der Waals surface area contributed by atoms with Gasteiger partial charge in [0.25, 0.3) is 0 Å². The zero-order valence-corrected chi connectivity index (χ0v) is 14.4. The number of carbonyl (C=O) groups is 1. The van der Waals surface area contributed by atoms with Gasteiger partial charge in [-0.05, 0) is 38.0 Å². The van der Waals surface area contributed by atoms with Crippen LogP contribution in [0.3, 0.4) is 0 Å². The molecule has 0 unspecified atom stereocenters. The molecule has 0 saturated heterocycles. The maximum atomic E-state index is 12.6. The smallest absolute Gasteiger partial charge is 0.406 e. The fourth-order valence-electron chi connectivity index (χ4n) is 3.06. The van der Waals surface area contributed by atoms with Gasteiger partial charge in [-0.2, -0.15) is 0 Å². The highest BCUT2D eigenvalue weighted by Gasteiger charge is 2.31. The van der Waals surface area contributed by atoms with Gasteiger partial charge in [-0.25, -0.2) is 0 Å². The molecule has 0 saturated carbocycles. The normalized spacial score (nSPS) is 17.3. The molecule has 2 aromatic rings. The number of rotatable bonds is 3. The van der Waals surface area contributed by atoms with E-state index in [2.05, 4.69) is 10.1 Å². The number of nitrogens with one attached hydrogen (secondary N) is 1. The SMILES string of the molecule is CC1(C)Cc2ccccc2C(=CC(=O)c2cccc(OC(F)(F)F)c2)N1.